The van der Waals surface area contributed by atoms with Gasteiger partial charge in [0.1, 0.15) is 11.3 Å². The van der Waals surface area contributed by atoms with E-state index in [4.69, 9.17) is 9.84 Å². The first-order valence-corrected chi connectivity index (χ1v) is 5.98. The van der Waals surface area contributed by atoms with E-state index in [2.05, 4.69) is 11.9 Å². The van der Waals surface area contributed by atoms with Gasteiger partial charge in [-0.1, -0.05) is 26.2 Å². The number of pyridine rings is 1. The highest BCUT2D eigenvalue weighted by molar-refractivity contribution is 5.90. The Morgan fingerprint density at radius 3 is 2.82 bits per heavy atom. The quantitative estimate of drug-likeness (QED) is 0.740. The first-order chi connectivity index (χ1) is 8.15. The number of rotatable bonds is 7. The zero-order chi connectivity index (χ0) is 12.7. The Labute approximate surface area is 102 Å². The van der Waals surface area contributed by atoms with Gasteiger partial charge in [0.05, 0.1) is 6.61 Å². The Morgan fingerprint density at radius 1 is 1.41 bits per heavy atom. The molecule has 0 fully saturated rings. The van der Waals surface area contributed by atoms with Crippen LogP contribution in [0.5, 0.6) is 5.75 Å². The van der Waals surface area contributed by atoms with Crippen molar-refractivity contribution in [2.45, 2.75) is 39.5 Å². The number of hydrogen-bond acceptors (Lipinski definition) is 3. The van der Waals surface area contributed by atoms with E-state index in [-0.39, 0.29) is 5.56 Å². The van der Waals surface area contributed by atoms with Gasteiger partial charge in [-0.25, -0.2) is 4.79 Å². The van der Waals surface area contributed by atoms with Crippen molar-refractivity contribution in [3.8, 4) is 5.75 Å². The molecule has 0 saturated carbocycles. The highest BCUT2D eigenvalue weighted by Gasteiger charge is 2.11. The van der Waals surface area contributed by atoms with E-state index in [0.29, 0.717) is 12.4 Å². The molecule has 17 heavy (non-hydrogen) atoms. The Morgan fingerprint density at radius 2 is 2.18 bits per heavy atom. The van der Waals surface area contributed by atoms with E-state index >= 15 is 0 Å². The van der Waals surface area contributed by atoms with Gasteiger partial charge >= 0.3 is 5.97 Å². The van der Waals surface area contributed by atoms with Crippen LogP contribution in [0.25, 0.3) is 0 Å². The molecule has 4 nitrogen and oxygen atoms in total. The van der Waals surface area contributed by atoms with Gasteiger partial charge in [-0.2, -0.15) is 0 Å². The number of carboxylic acids is 1. The monoisotopic (exact) mass is 237 g/mol. The summed E-state index contributed by atoms with van der Waals surface area (Å²) in [4.78, 5) is 14.9. The molecule has 0 atom stereocenters. The lowest BCUT2D eigenvalue weighted by Crippen LogP contribution is -2.05. The lowest BCUT2D eigenvalue weighted by molar-refractivity contribution is 0.0691. The highest BCUT2D eigenvalue weighted by atomic mass is 16.5. The van der Waals surface area contributed by atoms with Crippen molar-refractivity contribution in [2.24, 2.45) is 0 Å². The SMILES string of the molecule is CCCCCCOc1cc(C)ncc1C(=O)O. The van der Waals surface area contributed by atoms with E-state index in [9.17, 15) is 4.79 Å². The van der Waals surface area contributed by atoms with E-state index < -0.39 is 5.97 Å². The predicted molar refractivity (Wildman–Crippen MR) is 65.6 cm³/mol. The van der Waals surface area contributed by atoms with Crippen molar-refractivity contribution < 1.29 is 14.6 Å². The van der Waals surface area contributed by atoms with Crippen molar-refractivity contribution in [2.75, 3.05) is 6.61 Å². The Balaban J connectivity index is 2.56. The standard InChI is InChI=1S/C13H19NO3/c1-3-4-5-6-7-17-12-8-10(2)14-9-11(12)13(15)16/h8-9H,3-7H2,1-2H3,(H,15,16). The summed E-state index contributed by atoms with van der Waals surface area (Å²) in [6.45, 7) is 4.52. The number of aromatic nitrogens is 1. The summed E-state index contributed by atoms with van der Waals surface area (Å²) in [6.07, 6.45) is 5.77. The van der Waals surface area contributed by atoms with Crippen molar-refractivity contribution in [3.63, 3.8) is 0 Å². The van der Waals surface area contributed by atoms with Crippen LogP contribution >= 0.6 is 0 Å². The molecule has 0 aliphatic carbocycles. The molecule has 0 amide bonds. The molecular weight excluding hydrogens is 218 g/mol. The lowest BCUT2D eigenvalue weighted by atomic mass is 10.2. The number of aryl methyl sites for hydroxylation is 1. The number of hydrogen-bond donors (Lipinski definition) is 1. The third-order valence-electron chi connectivity index (χ3n) is 2.49. The predicted octanol–water partition coefficient (Wildman–Crippen LogP) is 3.05. The summed E-state index contributed by atoms with van der Waals surface area (Å²) >= 11 is 0. The Kier molecular flexibility index (Phi) is 5.46. The molecule has 0 aliphatic heterocycles. The topological polar surface area (TPSA) is 59.4 Å². The van der Waals surface area contributed by atoms with Crippen molar-refractivity contribution in [3.05, 3.63) is 23.5 Å². The molecule has 0 aliphatic rings. The molecule has 1 aromatic heterocycles. The van der Waals surface area contributed by atoms with Gasteiger partial charge < -0.3 is 9.84 Å². The summed E-state index contributed by atoms with van der Waals surface area (Å²) in [5, 5.41) is 8.98. The van der Waals surface area contributed by atoms with Gasteiger partial charge in [-0.05, 0) is 13.3 Å². The molecule has 0 radical (unpaired) electrons. The van der Waals surface area contributed by atoms with Crippen LogP contribution in [0.15, 0.2) is 12.3 Å². The second-order valence-corrected chi connectivity index (χ2v) is 4.04. The maximum atomic E-state index is 10.9. The van der Waals surface area contributed by atoms with Gasteiger partial charge in [-0.3, -0.25) is 4.98 Å². The van der Waals surface area contributed by atoms with Crippen LogP contribution in [0.1, 0.15) is 48.7 Å². The number of aromatic carboxylic acids is 1. The summed E-state index contributed by atoms with van der Waals surface area (Å²) in [5.74, 6) is -0.581. The van der Waals surface area contributed by atoms with Crippen LogP contribution in [-0.2, 0) is 0 Å². The van der Waals surface area contributed by atoms with Crippen LogP contribution in [-0.4, -0.2) is 22.7 Å². The Hall–Kier alpha value is -1.58. The number of ether oxygens (including phenoxy) is 1. The lowest BCUT2D eigenvalue weighted by Gasteiger charge is -2.09. The maximum Gasteiger partial charge on any atom is 0.341 e. The zero-order valence-corrected chi connectivity index (χ0v) is 10.4. The van der Waals surface area contributed by atoms with Crippen LogP contribution < -0.4 is 4.74 Å². The van der Waals surface area contributed by atoms with E-state index in [1.165, 1.54) is 19.0 Å². The number of nitrogens with zero attached hydrogens (tertiary/aromatic N) is 1. The molecule has 0 bridgehead atoms. The van der Waals surface area contributed by atoms with E-state index in [1.54, 1.807) is 6.07 Å². The highest BCUT2D eigenvalue weighted by Crippen LogP contribution is 2.19. The third-order valence-corrected chi connectivity index (χ3v) is 2.49. The van der Waals surface area contributed by atoms with Crippen LogP contribution in [0.3, 0.4) is 0 Å². The van der Waals surface area contributed by atoms with Crippen molar-refractivity contribution in [1.29, 1.82) is 0 Å². The molecule has 1 aromatic rings. The first kappa shape index (κ1) is 13.5. The molecule has 1 rings (SSSR count). The van der Waals surface area contributed by atoms with Gasteiger partial charge in [0.2, 0.25) is 0 Å². The van der Waals surface area contributed by atoms with E-state index in [1.807, 2.05) is 6.92 Å². The van der Waals surface area contributed by atoms with Gasteiger partial charge in [-0.15, -0.1) is 0 Å². The second kappa shape index (κ2) is 6.89. The molecule has 0 spiro atoms. The first-order valence-electron chi connectivity index (χ1n) is 5.98. The normalized spacial score (nSPS) is 10.2. The number of unbranched alkanes of at least 4 members (excludes halogenated alkanes) is 3. The summed E-state index contributed by atoms with van der Waals surface area (Å²) < 4.78 is 5.51. The molecule has 0 aromatic carbocycles. The van der Waals surface area contributed by atoms with Crippen molar-refractivity contribution >= 4 is 5.97 Å². The molecule has 4 heteroatoms. The molecule has 94 valence electrons. The summed E-state index contributed by atoms with van der Waals surface area (Å²) in [6, 6.07) is 1.67. The van der Waals surface area contributed by atoms with Crippen LogP contribution in [0, 0.1) is 6.92 Å². The average Bonchev–Trinajstić information content (AvgIpc) is 2.28. The van der Waals surface area contributed by atoms with Gasteiger partial charge in [0.15, 0.2) is 0 Å². The maximum absolute atomic E-state index is 10.9. The van der Waals surface area contributed by atoms with Crippen molar-refractivity contribution in [1.82, 2.24) is 4.98 Å². The molecule has 1 heterocycles. The van der Waals surface area contributed by atoms with Gasteiger partial charge in [0.25, 0.3) is 0 Å². The van der Waals surface area contributed by atoms with E-state index in [0.717, 1.165) is 18.5 Å². The zero-order valence-electron chi connectivity index (χ0n) is 10.4. The number of carboxylic acid groups (broad SMARTS) is 1. The Bertz CT molecular complexity index is 377. The fourth-order valence-corrected chi connectivity index (χ4v) is 1.53. The second-order valence-electron chi connectivity index (χ2n) is 4.04. The summed E-state index contributed by atoms with van der Waals surface area (Å²) in [5.41, 5.74) is 0.893. The van der Waals surface area contributed by atoms with Gasteiger partial charge in [0, 0.05) is 18.0 Å². The summed E-state index contributed by atoms with van der Waals surface area (Å²) in [7, 11) is 0. The minimum Gasteiger partial charge on any atom is -0.493 e. The van der Waals surface area contributed by atoms with Crippen LogP contribution in [0.2, 0.25) is 0 Å². The fraction of sp³-hybridized carbons (Fsp3) is 0.538. The average molecular weight is 237 g/mol. The fourth-order valence-electron chi connectivity index (χ4n) is 1.53. The molecular formula is C13H19NO3. The minimum absolute atomic E-state index is 0.131. The third kappa shape index (κ3) is 4.43. The minimum atomic E-state index is -0.999. The van der Waals surface area contributed by atoms with Crippen LogP contribution in [0.4, 0.5) is 0 Å². The molecule has 0 unspecified atom stereocenters. The smallest absolute Gasteiger partial charge is 0.341 e. The molecule has 1 N–H and O–H groups in total. The number of carbonyl (C=O) groups is 1. The molecule has 0 saturated heterocycles. The largest absolute Gasteiger partial charge is 0.493 e.